The van der Waals surface area contributed by atoms with Crippen molar-refractivity contribution < 1.29 is 4.74 Å². The van der Waals surface area contributed by atoms with Gasteiger partial charge in [-0.3, -0.25) is 0 Å². The molecule has 0 saturated carbocycles. The Labute approximate surface area is 122 Å². The molecule has 0 unspecified atom stereocenters. The molecule has 0 aromatic heterocycles. The molecule has 0 amide bonds. The number of hydrogen-bond donors (Lipinski definition) is 1. The summed E-state index contributed by atoms with van der Waals surface area (Å²) in [6, 6.07) is 8.92. The van der Waals surface area contributed by atoms with E-state index in [1.807, 2.05) is 6.08 Å². The Hall–Kier alpha value is -1.32. The van der Waals surface area contributed by atoms with Crippen LogP contribution in [0, 0.1) is 0 Å². The molecule has 1 N–H and O–H groups in total. The molecule has 20 heavy (non-hydrogen) atoms. The number of nitrogens with one attached hydrogen (secondary N) is 1. The number of nitrogens with zero attached hydrogens (tertiary/aromatic N) is 1. The Morgan fingerprint density at radius 1 is 1.15 bits per heavy atom. The number of anilines is 1. The lowest BCUT2D eigenvalue weighted by Gasteiger charge is -2.17. The third-order valence-corrected chi connectivity index (χ3v) is 3.63. The highest BCUT2D eigenvalue weighted by molar-refractivity contribution is 5.48. The summed E-state index contributed by atoms with van der Waals surface area (Å²) in [5.74, 6) is 0. The first-order valence-electron chi connectivity index (χ1n) is 7.63. The first-order valence-corrected chi connectivity index (χ1v) is 7.63. The fourth-order valence-corrected chi connectivity index (χ4v) is 2.45. The van der Waals surface area contributed by atoms with Gasteiger partial charge in [0.1, 0.15) is 0 Å². The van der Waals surface area contributed by atoms with Crippen LogP contribution in [0.3, 0.4) is 0 Å². The molecule has 1 aromatic carbocycles. The van der Waals surface area contributed by atoms with Gasteiger partial charge in [0.15, 0.2) is 0 Å². The van der Waals surface area contributed by atoms with Gasteiger partial charge in [-0.25, -0.2) is 0 Å². The lowest BCUT2D eigenvalue weighted by Crippen LogP contribution is -2.20. The number of ether oxygens (including phenoxy) is 1. The fourth-order valence-electron chi connectivity index (χ4n) is 2.45. The Morgan fingerprint density at radius 2 is 1.90 bits per heavy atom. The van der Waals surface area contributed by atoms with E-state index in [9.17, 15) is 0 Å². The lowest BCUT2D eigenvalue weighted by molar-refractivity contribution is 0.140. The third kappa shape index (κ3) is 4.99. The molecule has 110 valence electrons. The predicted molar refractivity (Wildman–Crippen MR) is 85.2 cm³/mol. The van der Waals surface area contributed by atoms with Crippen LogP contribution in [0.1, 0.15) is 24.8 Å². The summed E-state index contributed by atoms with van der Waals surface area (Å²) in [4.78, 5) is 2.46. The van der Waals surface area contributed by atoms with E-state index >= 15 is 0 Å². The quantitative estimate of drug-likeness (QED) is 0.553. The highest BCUT2D eigenvalue weighted by atomic mass is 16.5. The molecule has 1 heterocycles. The molecular formula is C17H26N2O. The fraction of sp³-hybridized carbons (Fsp3) is 0.529. The molecule has 0 aliphatic carbocycles. The van der Waals surface area contributed by atoms with Gasteiger partial charge in [0.2, 0.25) is 0 Å². The average Bonchev–Trinajstić information content (AvgIpc) is 3.01. The van der Waals surface area contributed by atoms with Crippen LogP contribution < -0.4 is 10.2 Å². The predicted octanol–water partition coefficient (Wildman–Crippen LogP) is 2.97. The molecule has 1 aliphatic heterocycles. The Kier molecular flexibility index (Phi) is 6.61. The highest BCUT2D eigenvalue weighted by Gasteiger charge is 2.11. The van der Waals surface area contributed by atoms with Crippen LogP contribution in [-0.4, -0.2) is 32.8 Å². The van der Waals surface area contributed by atoms with Crippen LogP contribution in [-0.2, 0) is 11.3 Å². The summed E-state index contributed by atoms with van der Waals surface area (Å²) in [6.07, 6.45) is 5.47. The molecule has 1 aliphatic rings. The summed E-state index contributed by atoms with van der Waals surface area (Å²) in [6.45, 7) is 9.43. The third-order valence-electron chi connectivity index (χ3n) is 3.63. The highest BCUT2D eigenvalue weighted by Crippen LogP contribution is 2.20. The van der Waals surface area contributed by atoms with E-state index in [0.29, 0.717) is 0 Å². The van der Waals surface area contributed by atoms with Gasteiger partial charge in [-0.05, 0) is 37.0 Å². The first-order chi connectivity index (χ1) is 9.90. The maximum absolute atomic E-state index is 5.46. The molecule has 0 bridgehead atoms. The summed E-state index contributed by atoms with van der Waals surface area (Å²) < 4.78 is 5.46. The van der Waals surface area contributed by atoms with Crippen molar-refractivity contribution in [2.24, 2.45) is 0 Å². The normalized spacial score (nSPS) is 14.7. The van der Waals surface area contributed by atoms with Crippen LogP contribution in [0.4, 0.5) is 5.69 Å². The lowest BCUT2D eigenvalue weighted by atomic mass is 10.2. The molecule has 0 atom stereocenters. The molecule has 2 rings (SSSR count). The second-order valence-electron chi connectivity index (χ2n) is 5.23. The van der Waals surface area contributed by atoms with Crippen molar-refractivity contribution in [3.63, 3.8) is 0 Å². The van der Waals surface area contributed by atoms with Crippen LogP contribution >= 0.6 is 0 Å². The van der Waals surface area contributed by atoms with Gasteiger partial charge in [-0.1, -0.05) is 18.2 Å². The molecular weight excluding hydrogens is 248 g/mol. The summed E-state index contributed by atoms with van der Waals surface area (Å²) in [5, 5.41) is 3.40. The van der Waals surface area contributed by atoms with Gasteiger partial charge < -0.3 is 15.0 Å². The van der Waals surface area contributed by atoms with E-state index in [4.69, 9.17) is 4.74 Å². The van der Waals surface area contributed by atoms with Crippen molar-refractivity contribution in [3.05, 3.63) is 42.5 Å². The number of benzene rings is 1. The second kappa shape index (κ2) is 8.77. The molecule has 1 saturated heterocycles. The maximum Gasteiger partial charge on any atom is 0.0591 e. The molecule has 3 heteroatoms. The minimum atomic E-state index is 0.764. The van der Waals surface area contributed by atoms with Gasteiger partial charge in [0.05, 0.1) is 13.2 Å². The molecule has 0 spiro atoms. The van der Waals surface area contributed by atoms with Crippen LogP contribution in [0.5, 0.6) is 0 Å². The minimum absolute atomic E-state index is 0.764. The van der Waals surface area contributed by atoms with Crippen molar-refractivity contribution >= 4 is 5.69 Å². The van der Waals surface area contributed by atoms with Crippen LogP contribution in [0.2, 0.25) is 0 Å². The van der Waals surface area contributed by atoms with Gasteiger partial charge in [-0.15, -0.1) is 6.58 Å². The van der Waals surface area contributed by atoms with E-state index in [2.05, 4.69) is 41.1 Å². The van der Waals surface area contributed by atoms with Crippen molar-refractivity contribution in [1.82, 2.24) is 5.32 Å². The molecule has 0 radical (unpaired) electrons. The molecule has 1 aromatic rings. The van der Waals surface area contributed by atoms with Crippen molar-refractivity contribution in [2.75, 3.05) is 37.7 Å². The van der Waals surface area contributed by atoms with Crippen molar-refractivity contribution in [2.45, 2.75) is 25.8 Å². The Balaban J connectivity index is 1.62. The topological polar surface area (TPSA) is 24.5 Å². The van der Waals surface area contributed by atoms with Crippen molar-refractivity contribution in [3.8, 4) is 0 Å². The summed E-state index contributed by atoms with van der Waals surface area (Å²) in [5.41, 5.74) is 2.69. The number of hydrogen-bond acceptors (Lipinski definition) is 3. The standard InChI is InChI=1S/C17H26N2O/c1-2-3-13-20-14-10-18-15-16-6-8-17(9-7-16)19-11-4-5-12-19/h2,6-9,18H,1,3-5,10-15H2. The maximum atomic E-state index is 5.46. The smallest absolute Gasteiger partial charge is 0.0591 e. The monoisotopic (exact) mass is 274 g/mol. The van der Waals surface area contributed by atoms with Gasteiger partial charge in [0, 0.05) is 31.9 Å². The van der Waals surface area contributed by atoms with Gasteiger partial charge in [-0.2, -0.15) is 0 Å². The van der Waals surface area contributed by atoms with E-state index < -0.39 is 0 Å². The minimum Gasteiger partial charge on any atom is -0.380 e. The van der Waals surface area contributed by atoms with Crippen LogP contribution in [0.15, 0.2) is 36.9 Å². The largest absolute Gasteiger partial charge is 0.380 e. The summed E-state index contributed by atoms with van der Waals surface area (Å²) >= 11 is 0. The zero-order valence-electron chi connectivity index (χ0n) is 12.3. The molecule has 3 nitrogen and oxygen atoms in total. The van der Waals surface area contributed by atoms with E-state index in [0.717, 1.165) is 32.7 Å². The van der Waals surface area contributed by atoms with Gasteiger partial charge >= 0.3 is 0 Å². The Bertz CT molecular complexity index is 382. The zero-order chi connectivity index (χ0) is 14.0. The summed E-state index contributed by atoms with van der Waals surface area (Å²) in [7, 11) is 0. The first kappa shape index (κ1) is 15.1. The zero-order valence-corrected chi connectivity index (χ0v) is 12.3. The number of rotatable bonds is 9. The van der Waals surface area contributed by atoms with Gasteiger partial charge in [0.25, 0.3) is 0 Å². The second-order valence-corrected chi connectivity index (χ2v) is 5.23. The van der Waals surface area contributed by atoms with Crippen molar-refractivity contribution in [1.29, 1.82) is 0 Å². The SMILES string of the molecule is C=CCCOCCNCc1ccc(N2CCCC2)cc1. The van der Waals surface area contributed by atoms with E-state index in [1.54, 1.807) is 0 Å². The molecule has 1 fully saturated rings. The average molecular weight is 274 g/mol. The van der Waals surface area contributed by atoms with Crippen LogP contribution in [0.25, 0.3) is 0 Å². The van der Waals surface area contributed by atoms with E-state index in [1.165, 1.54) is 37.2 Å². The van der Waals surface area contributed by atoms with E-state index in [-0.39, 0.29) is 0 Å². The Morgan fingerprint density at radius 3 is 2.60 bits per heavy atom.